The molecular formula is C17H22FN3O3S. The molecule has 1 N–H and O–H groups in total. The molecule has 0 spiro atoms. The van der Waals surface area contributed by atoms with E-state index < -0.39 is 15.8 Å². The van der Waals surface area contributed by atoms with E-state index in [1.165, 1.54) is 12.1 Å². The van der Waals surface area contributed by atoms with Crippen molar-refractivity contribution in [3.05, 3.63) is 54.1 Å². The first-order chi connectivity index (χ1) is 12.0. The zero-order valence-electron chi connectivity index (χ0n) is 14.1. The third kappa shape index (κ3) is 4.27. The maximum atomic E-state index is 13.0. The molecule has 1 saturated heterocycles. The van der Waals surface area contributed by atoms with E-state index in [0.29, 0.717) is 13.2 Å². The van der Waals surface area contributed by atoms with Crippen molar-refractivity contribution in [1.29, 1.82) is 0 Å². The average Bonchev–Trinajstić information content (AvgIpc) is 3.02. The van der Waals surface area contributed by atoms with Gasteiger partial charge in [0.25, 0.3) is 0 Å². The molecule has 2 aromatic rings. The maximum absolute atomic E-state index is 13.0. The van der Waals surface area contributed by atoms with E-state index in [9.17, 15) is 12.8 Å². The summed E-state index contributed by atoms with van der Waals surface area (Å²) >= 11 is 0. The van der Waals surface area contributed by atoms with Crippen LogP contribution in [0.3, 0.4) is 0 Å². The highest BCUT2D eigenvalue weighted by molar-refractivity contribution is 7.89. The number of aryl methyl sites for hydroxylation is 1. The molecule has 1 aromatic heterocycles. The minimum Gasteiger partial charge on any atom is -0.379 e. The standard InChI is InChI=1S/C17H22FN3O3S/c1-20-8-2-3-16(20)17(21-9-11-24-12-10-21)13-19-25(22,23)15-6-4-14(18)5-7-15/h2-8,17,19H,9-13H2,1H3/t17-/m1/s1. The first-order valence-electron chi connectivity index (χ1n) is 8.15. The fourth-order valence-electron chi connectivity index (χ4n) is 3.02. The van der Waals surface area contributed by atoms with Gasteiger partial charge >= 0.3 is 0 Å². The minimum absolute atomic E-state index is 0.0570. The third-order valence-corrected chi connectivity index (χ3v) is 5.84. The number of hydrogen-bond donors (Lipinski definition) is 1. The Hall–Kier alpha value is -1.74. The molecule has 1 fully saturated rings. The number of benzene rings is 1. The normalized spacial score (nSPS) is 17.5. The summed E-state index contributed by atoms with van der Waals surface area (Å²) in [6.07, 6.45) is 1.94. The van der Waals surface area contributed by atoms with Crippen molar-refractivity contribution in [3.63, 3.8) is 0 Å². The lowest BCUT2D eigenvalue weighted by atomic mass is 10.1. The summed E-state index contributed by atoms with van der Waals surface area (Å²) in [6, 6.07) is 8.66. The lowest BCUT2D eigenvalue weighted by Crippen LogP contribution is -2.44. The van der Waals surface area contributed by atoms with Crippen molar-refractivity contribution in [2.45, 2.75) is 10.9 Å². The van der Waals surface area contributed by atoms with Gasteiger partial charge in [-0.2, -0.15) is 0 Å². The van der Waals surface area contributed by atoms with Crippen LogP contribution in [-0.4, -0.2) is 50.7 Å². The first kappa shape index (κ1) is 18.1. The molecular weight excluding hydrogens is 345 g/mol. The number of ether oxygens (including phenoxy) is 1. The van der Waals surface area contributed by atoms with Gasteiger partial charge in [0.05, 0.1) is 24.2 Å². The second-order valence-corrected chi connectivity index (χ2v) is 7.78. The molecule has 1 aliphatic rings. The fraction of sp³-hybridized carbons (Fsp3) is 0.412. The molecule has 0 bridgehead atoms. The summed E-state index contributed by atoms with van der Waals surface area (Å²) < 4.78 is 48.1. The first-order valence-corrected chi connectivity index (χ1v) is 9.64. The van der Waals surface area contributed by atoms with E-state index in [1.54, 1.807) is 0 Å². The van der Waals surface area contributed by atoms with Crippen LogP contribution < -0.4 is 4.72 Å². The predicted octanol–water partition coefficient (Wildman–Crippen LogP) is 1.52. The lowest BCUT2D eigenvalue weighted by Gasteiger charge is -2.34. The topological polar surface area (TPSA) is 63.6 Å². The number of aromatic nitrogens is 1. The second-order valence-electron chi connectivity index (χ2n) is 6.01. The van der Waals surface area contributed by atoms with Gasteiger partial charge in [-0.05, 0) is 36.4 Å². The van der Waals surface area contributed by atoms with Crippen LogP contribution in [0.4, 0.5) is 4.39 Å². The van der Waals surface area contributed by atoms with Gasteiger partial charge in [-0.25, -0.2) is 17.5 Å². The van der Waals surface area contributed by atoms with Gasteiger partial charge in [-0.3, -0.25) is 4.90 Å². The Morgan fingerprint density at radius 3 is 2.48 bits per heavy atom. The Balaban J connectivity index is 1.78. The lowest BCUT2D eigenvalue weighted by molar-refractivity contribution is 0.0158. The van der Waals surface area contributed by atoms with E-state index in [-0.39, 0.29) is 17.5 Å². The number of sulfonamides is 1. The van der Waals surface area contributed by atoms with Crippen LogP contribution in [0.25, 0.3) is 0 Å². The number of rotatable bonds is 6. The Labute approximate surface area is 147 Å². The van der Waals surface area contributed by atoms with Crippen LogP contribution in [-0.2, 0) is 21.8 Å². The van der Waals surface area contributed by atoms with E-state index in [2.05, 4.69) is 9.62 Å². The molecule has 2 heterocycles. The molecule has 6 nitrogen and oxygen atoms in total. The van der Waals surface area contributed by atoms with Gasteiger partial charge < -0.3 is 9.30 Å². The van der Waals surface area contributed by atoms with E-state index in [4.69, 9.17) is 4.74 Å². The minimum atomic E-state index is -3.70. The monoisotopic (exact) mass is 367 g/mol. The fourth-order valence-corrected chi connectivity index (χ4v) is 4.05. The van der Waals surface area contributed by atoms with Gasteiger partial charge in [0.1, 0.15) is 5.82 Å². The van der Waals surface area contributed by atoms with Crippen LogP contribution in [0, 0.1) is 5.82 Å². The van der Waals surface area contributed by atoms with Gasteiger partial charge in [0.2, 0.25) is 10.0 Å². The molecule has 1 aliphatic heterocycles. The van der Waals surface area contributed by atoms with Crippen LogP contribution in [0.1, 0.15) is 11.7 Å². The largest absolute Gasteiger partial charge is 0.379 e. The van der Waals surface area contributed by atoms with Gasteiger partial charge in [-0.1, -0.05) is 0 Å². The highest BCUT2D eigenvalue weighted by Gasteiger charge is 2.26. The highest BCUT2D eigenvalue weighted by atomic mass is 32.2. The summed E-state index contributed by atoms with van der Waals surface area (Å²) in [5, 5.41) is 0. The van der Waals surface area contributed by atoms with E-state index in [0.717, 1.165) is 30.9 Å². The molecule has 25 heavy (non-hydrogen) atoms. The Bertz CT molecular complexity index is 799. The number of nitrogens with zero attached hydrogens (tertiary/aromatic N) is 2. The van der Waals surface area contributed by atoms with Crippen molar-refractivity contribution < 1.29 is 17.5 Å². The smallest absolute Gasteiger partial charge is 0.240 e. The number of halogens is 1. The molecule has 1 atom stereocenters. The zero-order chi connectivity index (χ0) is 17.9. The molecule has 0 saturated carbocycles. The molecule has 8 heteroatoms. The molecule has 136 valence electrons. The molecule has 1 aromatic carbocycles. The van der Waals surface area contributed by atoms with Crippen molar-refractivity contribution in [1.82, 2.24) is 14.2 Å². The summed E-state index contributed by atoms with van der Waals surface area (Å²) in [5.74, 6) is -0.464. The van der Waals surface area contributed by atoms with Crippen LogP contribution in [0.2, 0.25) is 0 Å². The maximum Gasteiger partial charge on any atom is 0.240 e. The van der Waals surface area contributed by atoms with E-state index >= 15 is 0 Å². The van der Waals surface area contributed by atoms with Crippen LogP contribution in [0.15, 0.2) is 47.5 Å². The number of morpholine rings is 1. The summed E-state index contributed by atoms with van der Waals surface area (Å²) in [4.78, 5) is 2.27. The molecule has 0 aliphatic carbocycles. The Morgan fingerprint density at radius 2 is 1.88 bits per heavy atom. The van der Waals surface area contributed by atoms with Crippen molar-refractivity contribution in [2.75, 3.05) is 32.8 Å². The Morgan fingerprint density at radius 1 is 1.20 bits per heavy atom. The van der Waals surface area contributed by atoms with Crippen molar-refractivity contribution in [3.8, 4) is 0 Å². The number of hydrogen-bond acceptors (Lipinski definition) is 4. The zero-order valence-corrected chi connectivity index (χ0v) is 14.9. The highest BCUT2D eigenvalue weighted by Crippen LogP contribution is 2.22. The van der Waals surface area contributed by atoms with Crippen LogP contribution >= 0.6 is 0 Å². The molecule has 0 unspecified atom stereocenters. The van der Waals surface area contributed by atoms with Gasteiger partial charge in [0.15, 0.2) is 0 Å². The summed E-state index contributed by atoms with van der Waals surface area (Å²) in [7, 11) is -1.76. The average molecular weight is 367 g/mol. The summed E-state index contributed by atoms with van der Waals surface area (Å²) in [5.41, 5.74) is 1.03. The van der Waals surface area contributed by atoms with E-state index in [1.807, 2.05) is 29.9 Å². The van der Waals surface area contributed by atoms with Gasteiger partial charge in [0, 0.05) is 38.6 Å². The second kappa shape index (κ2) is 7.65. The predicted molar refractivity (Wildman–Crippen MR) is 92.1 cm³/mol. The Kier molecular flexibility index (Phi) is 5.53. The quantitative estimate of drug-likeness (QED) is 0.841. The number of nitrogens with one attached hydrogen (secondary N) is 1. The summed E-state index contributed by atoms with van der Waals surface area (Å²) in [6.45, 7) is 2.98. The van der Waals surface area contributed by atoms with Gasteiger partial charge in [-0.15, -0.1) is 0 Å². The molecule has 0 amide bonds. The molecule has 3 rings (SSSR count). The molecule has 0 radical (unpaired) electrons. The van der Waals surface area contributed by atoms with Crippen LogP contribution in [0.5, 0.6) is 0 Å². The van der Waals surface area contributed by atoms with Crippen molar-refractivity contribution in [2.24, 2.45) is 7.05 Å². The SMILES string of the molecule is Cn1cccc1[C@@H](CNS(=O)(=O)c1ccc(F)cc1)N1CCOCC1. The third-order valence-electron chi connectivity index (χ3n) is 4.40. The van der Waals surface area contributed by atoms with Crippen molar-refractivity contribution >= 4 is 10.0 Å².